The molecular weight excluding hydrogens is 454 g/mol. The number of aryl methyl sites for hydroxylation is 2. The molecule has 1 aliphatic rings. The standard InChI is InChI=1S/C27H29N7O2/c1-15-11-16(2)24-21(12-15)32-27(36-24)31-19-7-5-18(6-8-19)23-22-25(28)29-14-30-26(22)34(33-23)13-17-3-9-20(35)10-4-17/h5-8,11-12,14,17,20,35H,3-4,9-10,13H2,1-2H3,(H,31,32)(H2,28,29,30). The number of nitrogen functional groups attached to an aromatic ring is 1. The Morgan fingerprint density at radius 1 is 1.08 bits per heavy atom. The second-order valence-corrected chi connectivity index (χ2v) is 9.81. The van der Waals surface area contributed by atoms with E-state index in [0.717, 1.165) is 82.4 Å². The molecule has 0 aliphatic heterocycles. The number of hydrogen-bond donors (Lipinski definition) is 3. The van der Waals surface area contributed by atoms with Crippen molar-refractivity contribution in [2.45, 2.75) is 52.2 Å². The summed E-state index contributed by atoms with van der Waals surface area (Å²) in [6.07, 6.45) is 4.94. The highest BCUT2D eigenvalue weighted by Gasteiger charge is 2.23. The first-order chi connectivity index (χ1) is 17.4. The van der Waals surface area contributed by atoms with E-state index < -0.39 is 0 Å². The first-order valence-corrected chi connectivity index (χ1v) is 12.3. The highest BCUT2D eigenvalue weighted by Crippen LogP contribution is 2.33. The first-order valence-electron chi connectivity index (χ1n) is 12.3. The molecule has 184 valence electrons. The molecule has 36 heavy (non-hydrogen) atoms. The van der Waals surface area contributed by atoms with Gasteiger partial charge < -0.3 is 20.6 Å². The summed E-state index contributed by atoms with van der Waals surface area (Å²) in [6, 6.07) is 12.5. The summed E-state index contributed by atoms with van der Waals surface area (Å²) < 4.78 is 7.89. The van der Waals surface area contributed by atoms with Gasteiger partial charge in [0.2, 0.25) is 0 Å². The van der Waals surface area contributed by atoms with E-state index >= 15 is 0 Å². The Morgan fingerprint density at radius 2 is 1.86 bits per heavy atom. The molecule has 1 saturated carbocycles. The lowest BCUT2D eigenvalue weighted by molar-refractivity contribution is 0.103. The van der Waals surface area contributed by atoms with Crippen molar-refractivity contribution in [3.63, 3.8) is 0 Å². The fourth-order valence-corrected chi connectivity index (χ4v) is 5.20. The maximum atomic E-state index is 9.85. The molecule has 9 nitrogen and oxygen atoms in total. The topological polar surface area (TPSA) is 128 Å². The number of hydrogen-bond acceptors (Lipinski definition) is 8. The van der Waals surface area contributed by atoms with Crippen molar-refractivity contribution >= 4 is 39.7 Å². The lowest BCUT2D eigenvalue weighted by Gasteiger charge is -2.25. The molecule has 1 fully saturated rings. The molecule has 2 aromatic carbocycles. The number of oxazole rings is 1. The summed E-state index contributed by atoms with van der Waals surface area (Å²) in [6.45, 7) is 4.82. The Kier molecular flexibility index (Phi) is 5.56. The average Bonchev–Trinajstić information content (AvgIpc) is 3.43. The Balaban J connectivity index is 1.28. The maximum Gasteiger partial charge on any atom is 0.300 e. The van der Waals surface area contributed by atoms with Gasteiger partial charge in [-0.2, -0.15) is 10.1 Å². The van der Waals surface area contributed by atoms with Crippen LogP contribution in [0.5, 0.6) is 0 Å². The number of rotatable bonds is 5. The highest BCUT2D eigenvalue weighted by molar-refractivity contribution is 5.98. The first kappa shape index (κ1) is 22.5. The summed E-state index contributed by atoms with van der Waals surface area (Å²) >= 11 is 0. The Morgan fingerprint density at radius 3 is 2.64 bits per heavy atom. The molecular formula is C27H29N7O2. The van der Waals surface area contributed by atoms with Gasteiger partial charge in [-0.15, -0.1) is 0 Å². The van der Waals surface area contributed by atoms with Crippen molar-refractivity contribution < 1.29 is 9.52 Å². The van der Waals surface area contributed by atoms with Crippen molar-refractivity contribution in [3.05, 3.63) is 53.9 Å². The smallest absolute Gasteiger partial charge is 0.300 e. The van der Waals surface area contributed by atoms with Crippen LogP contribution in [0.25, 0.3) is 33.4 Å². The number of benzene rings is 2. The molecule has 0 amide bonds. The van der Waals surface area contributed by atoms with Crippen molar-refractivity contribution in [2.75, 3.05) is 11.1 Å². The maximum absolute atomic E-state index is 9.85. The van der Waals surface area contributed by atoms with Gasteiger partial charge >= 0.3 is 0 Å². The third-order valence-corrected chi connectivity index (χ3v) is 7.04. The molecule has 0 radical (unpaired) electrons. The van der Waals surface area contributed by atoms with E-state index in [-0.39, 0.29) is 6.10 Å². The van der Waals surface area contributed by atoms with E-state index in [9.17, 15) is 5.11 Å². The SMILES string of the molecule is Cc1cc(C)c2oc(Nc3ccc(-c4nn(CC5CCC(O)CC5)c5ncnc(N)c45)cc3)nc2c1. The molecule has 3 heterocycles. The number of nitrogens with one attached hydrogen (secondary N) is 1. The van der Waals surface area contributed by atoms with Gasteiger partial charge in [0.25, 0.3) is 6.01 Å². The van der Waals surface area contributed by atoms with Gasteiger partial charge in [-0.1, -0.05) is 18.2 Å². The van der Waals surface area contributed by atoms with Gasteiger partial charge in [0.15, 0.2) is 11.2 Å². The van der Waals surface area contributed by atoms with Crippen LogP contribution in [0.2, 0.25) is 0 Å². The van der Waals surface area contributed by atoms with Crippen LogP contribution >= 0.6 is 0 Å². The summed E-state index contributed by atoms with van der Waals surface area (Å²) in [5, 5.41) is 18.8. The zero-order chi connectivity index (χ0) is 24.8. The molecule has 3 aromatic heterocycles. The molecule has 5 aromatic rings. The average molecular weight is 484 g/mol. The molecule has 0 spiro atoms. The van der Waals surface area contributed by atoms with Crippen molar-refractivity contribution in [1.29, 1.82) is 0 Å². The van der Waals surface area contributed by atoms with E-state index in [1.807, 2.05) is 41.9 Å². The molecule has 0 unspecified atom stereocenters. The second kappa shape index (κ2) is 8.91. The minimum absolute atomic E-state index is 0.181. The van der Waals surface area contributed by atoms with Gasteiger partial charge in [-0.3, -0.25) is 0 Å². The number of aliphatic hydroxyl groups is 1. The summed E-state index contributed by atoms with van der Waals surface area (Å²) in [5.41, 5.74) is 13.4. The van der Waals surface area contributed by atoms with Crippen molar-refractivity contribution in [3.8, 4) is 11.3 Å². The Labute approximate surface area is 208 Å². The zero-order valence-corrected chi connectivity index (χ0v) is 20.4. The second-order valence-electron chi connectivity index (χ2n) is 9.81. The Bertz CT molecular complexity index is 1550. The van der Waals surface area contributed by atoms with E-state index in [1.165, 1.54) is 6.33 Å². The number of nitrogens with zero attached hydrogens (tertiary/aromatic N) is 5. The lowest BCUT2D eigenvalue weighted by atomic mass is 9.87. The molecule has 0 atom stereocenters. The van der Waals surface area contributed by atoms with Gasteiger partial charge in [0.1, 0.15) is 23.4 Å². The number of anilines is 3. The number of fused-ring (bicyclic) bond motifs is 2. The summed E-state index contributed by atoms with van der Waals surface area (Å²) in [4.78, 5) is 13.3. The van der Waals surface area contributed by atoms with E-state index in [1.54, 1.807) is 0 Å². The lowest BCUT2D eigenvalue weighted by Crippen LogP contribution is -2.22. The third kappa shape index (κ3) is 4.15. The quantitative estimate of drug-likeness (QED) is 0.314. The fourth-order valence-electron chi connectivity index (χ4n) is 5.20. The van der Waals surface area contributed by atoms with Crippen molar-refractivity contribution in [2.24, 2.45) is 5.92 Å². The number of aliphatic hydroxyl groups excluding tert-OH is 1. The fraction of sp³-hybridized carbons (Fsp3) is 0.333. The van der Waals surface area contributed by atoms with Gasteiger partial charge in [-0.05, 0) is 74.8 Å². The third-order valence-electron chi connectivity index (χ3n) is 7.04. The minimum Gasteiger partial charge on any atom is -0.423 e. The molecule has 4 N–H and O–H groups in total. The predicted octanol–water partition coefficient (Wildman–Crippen LogP) is 5.13. The van der Waals surface area contributed by atoms with Crippen LogP contribution in [-0.4, -0.2) is 35.9 Å². The summed E-state index contributed by atoms with van der Waals surface area (Å²) in [7, 11) is 0. The Hall–Kier alpha value is -3.98. The van der Waals surface area contributed by atoms with Gasteiger partial charge in [-0.25, -0.2) is 14.6 Å². The summed E-state index contributed by atoms with van der Waals surface area (Å²) in [5.74, 6) is 0.871. The van der Waals surface area contributed by atoms with Gasteiger partial charge in [0.05, 0.1) is 11.5 Å². The molecule has 0 bridgehead atoms. The molecule has 6 rings (SSSR count). The van der Waals surface area contributed by atoms with Crippen LogP contribution in [0.1, 0.15) is 36.8 Å². The highest BCUT2D eigenvalue weighted by atomic mass is 16.4. The van der Waals surface area contributed by atoms with E-state index in [2.05, 4.69) is 33.3 Å². The van der Waals surface area contributed by atoms with Crippen LogP contribution in [0, 0.1) is 19.8 Å². The van der Waals surface area contributed by atoms with Gasteiger partial charge in [0, 0.05) is 17.8 Å². The number of aromatic nitrogens is 5. The number of nitrogens with two attached hydrogens (primary N) is 1. The van der Waals surface area contributed by atoms with Crippen molar-refractivity contribution in [1.82, 2.24) is 24.7 Å². The van der Waals surface area contributed by atoms with Crippen LogP contribution in [0.4, 0.5) is 17.5 Å². The zero-order valence-electron chi connectivity index (χ0n) is 20.4. The molecule has 9 heteroatoms. The largest absolute Gasteiger partial charge is 0.423 e. The minimum atomic E-state index is -0.181. The molecule has 0 saturated heterocycles. The van der Waals surface area contributed by atoms with E-state index in [0.29, 0.717) is 17.8 Å². The van der Waals surface area contributed by atoms with E-state index in [4.69, 9.17) is 15.2 Å². The van der Waals surface area contributed by atoms with Crippen LogP contribution in [0.3, 0.4) is 0 Å². The normalized spacial score (nSPS) is 18.2. The van der Waals surface area contributed by atoms with Crippen LogP contribution in [-0.2, 0) is 6.54 Å². The van der Waals surface area contributed by atoms with Crippen LogP contribution < -0.4 is 11.1 Å². The monoisotopic (exact) mass is 483 g/mol. The molecule has 1 aliphatic carbocycles. The van der Waals surface area contributed by atoms with Crippen LogP contribution in [0.15, 0.2) is 47.1 Å². The predicted molar refractivity (Wildman–Crippen MR) is 140 cm³/mol.